The molecule has 182 valence electrons. The summed E-state index contributed by atoms with van der Waals surface area (Å²) in [5, 5.41) is 11.3. The van der Waals surface area contributed by atoms with Crippen LogP contribution in [0.4, 0.5) is 4.39 Å². The number of nitrogens with two attached hydrogens (primary N) is 1. The van der Waals surface area contributed by atoms with Gasteiger partial charge >= 0.3 is 0 Å². The van der Waals surface area contributed by atoms with Gasteiger partial charge in [0.15, 0.2) is 5.78 Å². The van der Waals surface area contributed by atoms with E-state index >= 15 is 0 Å². The Labute approximate surface area is 205 Å². The first-order valence-corrected chi connectivity index (χ1v) is 11.8. The van der Waals surface area contributed by atoms with Gasteiger partial charge in [0.1, 0.15) is 23.7 Å². The molecule has 1 heterocycles. The lowest BCUT2D eigenvalue weighted by atomic mass is 10.1. The number of nitrogens with zero attached hydrogens (tertiary/aromatic N) is 1. The molecule has 2 aromatic carbocycles. The second-order valence-corrected chi connectivity index (χ2v) is 9.18. The number of hydrogen-bond donors (Lipinski definition) is 3. The predicted molar refractivity (Wildman–Crippen MR) is 128 cm³/mol. The zero-order valence-electron chi connectivity index (χ0n) is 18.9. The number of carbonyl (C=O) groups is 3. The molecule has 1 fully saturated rings. The Balaban J connectivity index is 1.42. The molecule has 0 bridgehead atoms. The Morgan fingerprint density at radius 1 is 1.20 bits per heavy atom. The van der Waals surface area contributed by atoms with E-state index in [2.05, 4.69) is 9.69 Å². The van der Waals surface area contributed by atoms with Gasteiger partial charge in [-0.05, 0) is 73.8 Å². The van der Waals surface area contributed by atoms with Crippen LogP contribution in [0.5, 0.6) is 5.75 Å². The van der Waals surface area contributed by atoms with Crippen LogP contribution >= 0.6 is 11.5 Å². The molecule has 1 aliphatic rings. The zero-order valence-corrected chi connectivity index (χ0v) is 19.7. The van der Waals surface area contributed by atoms with Crippen molar-refractivity contribution in [2.45, 2.75) is 31.9 Å². The molecule has 1 saturated carbocycles. The fourth-order valence-electron chi connectivity index (χ4n) is 3.46. The number of benzene rings is 2. The summed E-state index contributed by atoms with van der Waals surface area (Å²) in [6.45, 7) is 1.18. The summed E-state index contributed by atoms with van der Waals surface area (Å²) in [5.74, 6) is -1.63. The van der Waals surface area contributed by atoms with E-state index in [-0.39, 0.29) is 23.4 Å². The lowest BCUT2D eigenvalue weighted by Gasteiger charge is -2.13. The quantitative estimate of drug-likeness (QED) is 0.369. The highest BCUT2D eigenvalue weighted by molar-refractivity contribution is 7.06. The fourth-order valence-corrected chi connectivity index (χ4v) is 4.18. The largest absolute Gasteiger partial charge is 0.485 e. The van der Waals surface area contributed by atoms with E-state index in [1.165, 1.54) is 29.7 Å². The van der Waals surface area contributed by atoms with Crippen molar-refractivity contribution in [1.82, 2.24) is 9.69 Å². The van der Waals surface area contributed by atoms with Crippen molar-refractivity contribution in [3.05, 3.63) is 70.4 Å². The molecule has 0 saturated heterocycles. The number of aliphatic hydroxyl groups is 1. The fraction of sp³-hybridized carbons (Fsp3) is 0.280. The smallest absolute Gasteiger partial charge is 0.254 e. The number of primary amides is 1. The Hall–Kier alpha value is -3.63. The number of hydrogen-bond acceptors (Lipinski definition) is 7. The maximum atomic E-state index is 14.6. The molecular formula is C25H24FN3O5S. The van der Waals surface area contributed by atoms with Crippen molar-refractivity contribution >= 4 is 29.1 Å². The maximum Gasteiger partial charge on any atom is 0.254 e. The lowest BCUT2D eigenvalue weighted by molar-refractivity contribution is -0.120. The number of aromatic nitrogens is 1. The van der Waals surface area contributed by atoms with Gasteiger partial charge in [0.2, 0.25) is 5.91 Å². The third-order valence-corrected chi connectivity index (χ3v) is 6.62. The standard InChI is InChI=1S/C25H24FN3O5S/c1-13(34-17-7-4-15(5-8-17)23(31)14-2-3-14)22-11-20(29-35-22)16-6-9-18(19(26)10-16)25(33)28-21(12-30)24(27)32/h4-11,13-14,21,30H,2-3,12H2,1H3,(H2,27,32)(H,28,33)/t13-,21+/m1/s1. The molecule has 0 radical (unpaired) electrons. The monoisotopic (exact) mass is 497 g/mol. The molecule has 0 spiro atoms. The summed E-state index contributed by atoms with van der Waals surface area (Å²) in [4.78, 5) is 36.4. The number of nitrogens with one attached hydrogen (secondary N) is 1. The van der Waals surface area contributed by atoms with Gasteiger partial charge in [0.05, 0.1) is 22.7 Å². The Kier molecular flexibility index (Phi) is 7.23. The first-order valence-electron chi connectivity index (χ1n) is 11.0. The molecule has 0 aliphatic heterocycles. The first kappa shape index (κ1) is 24.5. The van der Waals surface area contributed by atoms with E-state index in [1.54, 1.807) is 30.3 Å². The molecule has 2 atom stereocenters. The second kappa shape index (κ2) is 10.3. The van der Waals surface area contributed by atoms with E-state index in [0.717, 1.165) is 17.7 Å². The molecule has 1 aliphatic carbocycles. The predicted octanol–water partition coefficient (Wildman–Crippen LogP) is 3.26. The van der Waals surface area contributed by atoms with E-state index in [9.17, 15) is 18.8 Å². The van der Waals surface area contributed by atoms with Gasteiger partial charge in [-0.2, -0.15) is 4.37 Å². The van der Waals surface area contributed by atoms with Crippen molar-refractivity contribution in [3.63, 3.8) is 0 Å². The Morgan fingerprint density at radius 3 is 2.51 bits per heavy atom. The number of halogens is 1. The minimum absolute atomic E-state index is 0.164. The normalized spacial score (nSPS) is 14.7. The number of rotatable bonds is 10. The Morgan fingerprint density at radius 2 is 1.91 bits per heavy atom. The van der Waals surface area contributed by atoms with E-state index in [1.807, 2.05) is 6.92 Å². The topological polar surface area (TPSA) is 132 Å². The molecule has 4 rings (SSSR count). The minimum Gasteiger partial charge on any atom is -0.485 e. The third-order valence-electron chi connectivity index (χ3n) is 5.67. The average Bonchev–Trinajstić information content (AvgIpc) is 3.57. The number of Topliss-reactive ketones (excluding diaryl/α,β-unsaturated/α-hetero) is 1. The van der Waals surface area contributed by atoms with Gasteiger partial charge < -0.3 is 20.9 Å². The Bertz CT molecular complexity index is 1260. The van der Waals surface area contributed by atoms with Gasteiger partial charge in [-0.15, -0.1) is 0 Å². The van der Waals surface area contributed by atoms with Crippen LogP contribution in [-0.4, -0.2) is 39.7 Å². The highest BCUT2D eigenvalue weighted by atomic mass is 32.1. The van der Waals surface area contributed by atoms with Crippen molar-refractivity contribution in [2.75, 3.05) is 6.61 Å². The van der Waals surface area contributed by atoms with Crippen molar-refractivity contribution in [1.29, 1.82) is 0 Å². The van der Waals surface area contributed by atoms with Crippen LogP contribution in [0.2, 0.25) is 0 Å². The van der Waals surface area contributed by atoms with Crippen LogP contribution in [0.1, 0.15) is 51.5 Å². The molecule has 0 unspecified atom stereocenters. The van der Waals surface area contributed by atoms with E-state index < -0.39 is 30.3 Å². The van der Waals surface area contributed by atoms with Gasteiger partial charge in [0, 0.05) is 17.0 Å². The molecule has 1 aromatic heterocycles. The first-order chi connectivity index (χ1) is 16.8. The van der Waals surface area contributed by atoms with E-state index in [4.69, 9.17) is 15.6 Å². The second-order valence-electron chi connectivity index (χ2n) is 8.34. The lowest BCUT2D eigenvalue weighted by Crippen LogP contribution is -2.47. The SMILES string of the molecule is C[C@@H](Oc1ccc(C(=O)C2CC2)cc1)c1cc(-c2ccc(C(=O)N[C@@H](CO)C(N)=O)c(F)c2)ns1. The summed E-state index contributed by atoms with van der Waals surface area (Å²) in [7, 11) is 0. The average molecular weight is 498 g/mol. The van der Waals surface area contributed by atoms with Crippen LogP contribution in [0, 0.1) is 11.7 Å². The number of ether oxygens (including phenoxy) is 1. The van der Waals surface area contributed by atoms with E-state index in [0.29, 0.717) is 22.6 Å². The van der Waals surface area contributed by atoms with Gasteiger partial charge in [-0.3, -0.25) is 14.4 Å². The number of aliphatic hydroxyl groups excluding tert-OH is 1. The number of ketones is 1. The van der Waals surface area contributed by atoms with Gasteiger partial charge in [0.25, 0.3) is 5.91 Å². The minimum atomic E-state index is -1.31. The third kappa shape index (κ3) is 5.72. The zero-order chi connectivity index (χ0) is 25.1. The summed E-state index contributed by atoms with van der Waals surface area (Å²) in [5.41, 5.74) is 6.46. The summed E-state index contributed by atoms with van der Waals surface area (Å²) >= 11 is 1.21. The highest BCUT2D eigenvalue weighted by Crippen LogP contribution is 2.34. The van der Waals surface area contributed by atoms with Crippen LogP contribution in [0.15, 0.2) is 48.5 Å². The van der Waals surface area contributed by atoms with Crippen molar-refractivity contribution in [3.8, 4) is 17.0 Å². The summed E-state index contributed by atoms with van der Waals surface area (Å²) in [6.07, 6.45) is 1.59. The molecule has 10 heteroatoms. The van der Waals surface area contributed by atoms with Crippen LogP contribution in [0.3, 0.4) is 0 Å². The number of amides is 2. The molecule has 2 amide bonds. The van der Waals surface area contributed by atoms with Crippen LogP contribution < -0.4 is 15.8 Å². The molecule has 35 heavy (non-hydrogen) atoms. The van der Waals surface area contributed by atoms with Crippen molar-refractivity contribution in [2.24, 2.45) is 11.7 Å². The van der Waals surface area contributed by atoms with Crippen molar-refractivity contribution < 1.29 is 28.6 Å². The summed E-state index contributed by atoms with van der Waals surface area (Å²) < 4.78 is 25.0. The number of carbonyl (C=O) groups excluding carboxylic acids is 3. The molecule has 4 N–H and O–H groups in total. The van der Waals surface area contributed by atoms with Gasteiger partial charge in [-0.1, -0.05) is 6.07 Å². The van der Waals surface area contributed by atoms with Gasteiger partial charge in [-0.25, -0.2) is 4.39 Å². The molecular weight excluding hydrogens is 473 g/mol. The molecule has 8 nitrogen and oxygen atoms in total. The summed E-state index contributed by atoms with van der Waals surface area (Å²) in [6, 6.07) is 11.5. The molecule has 3 aromatic rings. The van der Waals surface area contributed by atoms with Crippen LogP contribution in [0.25, 0.3) is 11.3 Å². The highest BCUT2D eigenvalue weighted by Gasteiger charge is 2.30. The maximum absolute atomic E-state index is 14.6. The van der Waals surface area contributed by atoms with Crippen LogP contribution in [-0.2, 0) is 4.79 Å².